The highest BCUT2D eigenvalue weighted by Crippen LogP contribution is 2.38. The maximum atomic E-state index is 10.8. The summed E-state index contributed by atoms with van der Waals surface area (Å²) in [4.78, 5) is 6.29. The summed E-state index contributed by atoms with van der Waals surface area (Å²) in [6.45, 7) is 5.80. The van der Waals surface area contributed by atoms with Crippen molar-refractivity contribution in [3.8, 4) is 22.8 Å². The molecular weight excluding hydrogens is 368 g/mol. The fraction of sp³-hybridized carbons (Fsp3) is 0.364. The molecule has 3 aromatic rings. The minimum atomic E-state index is -0.681. The van der Waals surface area contributed by atoms with E-state index in [-0.39, 0.29) is 0 Å². The maximum absolute atomic E-state index is 10.8. The Kier molecular flexibility index (Phi) is 5.15. The molecule has 7 nitrogen and oxygen atoms in total. The highest BCUT2D eigenvalue weighted by atomic mass is 16.5. The van der Waals surface area contributed by atoms with Crippen LogP contribution in [0.1, 0.15) is 31.2 Å². The van der Waals surface area contributed by atoms with Crippen LogP contribution < -0.4 is 14.4 Å². The lowest BCUT2D eigenvalue weighted by Crippen LogP contribution is -2.20. The second-order valence-corrected chi connectivity index (χ2v) is 7.67. The fourth-order valence-electron chi connectivity index (χ4n) is 3.71. The lowest BCUT2D eigenvalue weighted by atomic mass is 10.0. The van der Waals surface area contributed by atoms with Gasteiger partial charge in [-0.2, -0.15) is 5.10 Å². The molecule has 1 aliphatic rings. The number of fused-ring (bicyclic) bond motifs is 1. The van der Waals surface area contributed by atoms with Gasteiger partial charge < -0.3 is 19.5 Å². The van der Waals surface area contributed by atoms with Crippen molar-refractivity contribution in [1.82, 2.24) is 14.8 Å². The van der Waals surface area contributed by atoms with Crippen LogP contribution in [-0.2, 0) is 13.1 Å². The van der Waals surface area contributed by atoms with Gasteiger partial charge in [-0.15, -0.1) is 0 Å². The first-order valence-corrected chi connectivity index (χ1v) is 9.68. The molecule has 0 aliphatic carbocycles. The molecule has 0 bridgehead atoms. The minimum Gasteiger partial charge on any atom is -0.491 e. The Morgan fingerprint density at radius 2 is 1.97 bits per heavy atom. The summed E-state index contributed by atoms with van der Waals surface area (Å²) in [5.41, 5.74) is 4.87. The first kappa shape index (κ1) is 19.3. The summed E-state index contributed by atoms with van der Waals surface area (Å²) in [5, 5.41) is 15.3. The fourth-order valence-corrected chi connectivity index (χ4v) is 3.71. The highest BCUT2D eigenvalue weighted by Gasteiger charge is 2.29. The minimum absolute atomic E-state index is 0.456. The standard InChI is InChI=1S/C22H26N4O3/c1-14(2)11-25-13-18(10-24-25)26-12-17-7-15(5-6-19(17)22(26)27)16-8-20(28-3)21(29-4)23-9-16/h5-10,13-14,22,27H,11-12H2,1-4H3. The van der Waals surface area contributed by atoms with E-state index in [1.807, 2.05) is 40.2 Å². The Labute approximate surface area is 170 Å². The summed E-state index contributed by atoms with van der Waals surface area (Å²) in [6, 6.07) is 7.98. The zero-order chi connectivity index (χ0) is 20.5. The molecule has 152 valence electrons. The molecule has 1 N–H and O–H groups in total. The lowest BCUT2D eigenvalue weighted by Gasteiger charge is -2.20. The van der Waals surface area contributed by atoms with Gasteiger partial charge in [0.2, 0.25) is 0 Å². The molecule has 1 atom stereocenters. The monoisotopic (exact) mass is 394 g/mol. The van der Waals surface area contributed by atoms with E-state index in [9.17, 15) is 5.11 Å². The molecule has 0 saturated carbocycles. The number of aliphatic hydroxyl groups excluding tert-OH is 1. The van der Waals surface area contributed by atoms with Crippen molar-refractivity contribution in [3.63, 3.8) is 0 Å². The second kappa shape index (κ2) is 7.75. The number of ether oxygens (including phenoxy) is 2. The van der Waals surface area contributed by atoms with Gasteiger partial charge >= 0.3 is 0 Å². The van der Waals surface area contributed by atoms with Gasteiger partial charge in [-0.25, -0.2) is 4.98 Å². The van der Waals surface area contributed by atoms with E-state index in [4.69, 9.17) is 9.47 Å². The quantitative estimate of drug-likeness (QED) is 0.688. The summed E-state index contributed by atoms with van der Waals surface area (Å²) in [5.74, 6) is 1.56. The molecule has 0 saturated heterocycles. The van der Waals surface area contributed by atoms with Crippen molar-refractivity contribution in [2.75, 3.05) is 19.1 Å². The van der Waals surface area contributed by atoms with Crippen molar-refractivity contribution >= 4 is 5.69 Å². The van der Waals surface area contributed by atoms with Gasteiger partial charge in [0, 0.05) is 36.6 Å². The van der Waals surface area contributed by atoms with Crippen molar-refractivity contribution in [3.05, 3.63) is 54.0 Å². The maximum Gasteiger partial charge on any atom is 0.256 e. The summed E-state index contributed by atoms with van der Waals surface area (Å²) in [7, 11) is 3.17. The summed E-state index contributed by atoms with van der Waals surface area (Å²) >= 11 is 0. The molecule has 0 radical (unpaired) electrons. The third kappa shape index (κ3) is 3.65. The van der Waals surface area contributed by atoms with Crippen LogP contribution in [-0.4, -0.2) is 34.1 Å². The zero-order valence-corrected chi connectivity index (χ0v) is 17.2. The molecule has 1 unspecified atom stereocenters. The van der Waals surface area contributed by atoms with Crippen molar-refractivity contribution in [2.24, 2.45) is 5.92 Å². The van der Waals surface area contributed by atoms with Crippen LogP contribution in [0.2, 0.25) is 0 Å². The zero-order valence-electron chi connectivity index (χ0n) is 17.2. The molecular formula is C22H26N4O3. The number of aromatic nitrogens is 3. The van der Waals surface area contributed by atoms with E-state index in [0.717, 1.165) is 34.5 Å². The molecule has 1 aliphatic heterocycles. The molecule has 0 fully saturated rings. The predicted octanol–water partition coefficient (Wildman–Crippen LogP) is 3.63. The van der Waals surface area contributed by atoms with Gasteiger partial charge in [0.05, 0.1) is 26.1 Å². The predicted molar refractivity (Wildman–Crippen MR) is 111 cm³/mol. The van der Waals surface area contributed by atoms with E-state index in [1.165, 1.54) is 0 Å². The van der Waals surface area contributed by atoms with E-state index < -0.39 is 6.23 Å². The summed E-state index contributed by atoms with van der Waals surface area (Å²) < 4.78 is 12.5. The first-order chi connectivity index (χ1) is 14.0. The van der Waals surface area contributed by atoms with Crippen LogP contribution >= 0.6 is 0 Å². The number of hydrogen-bond donors (Lipinski definition) is 1. The molecule has 0 spiro atoms. The first-order valence-electron chi connectivity index (χ1n) is 9.68. The molecule has 7 heteroatoms. The Balaban J connectivity index is 1.60. The molecule has 3 heterocycles. The number of aliphatic hydroxyl groups is 1. The SMILES string of the molecule is COc1cc(-c2ccc3c(c2)CN(c2cnn(CC(C)C)c2)C3O)cnc1OC. The van der Waals surface area contributed by atoms with Crippen LogP contribution in [0.4, 0.5) is 5.69 Å². The van der Waals surface area contributed by atoms with E-state index in [0.29, 0.717) is 24.1 Å². The lowest BCUT2D eigenvalue weighted by molar-refractivity contribution is 0.181. The molecule has 1 aromatic carbocycles. The number of benzene rings is 1. The third-order valence-electron chi connectivity index (χ3n) is 5.13. The Morgan fingerprint density at radius 3 is 2.69 bits per heavy atom. The van der Waals surface area contributed by atoms with Gasteiger partial charge in [0.1, 0.15) is 0 Å². The van der Waals surface area contributed by atoms with Crippen molar-refractivity contribution in [2.45, 2.75) is 33.2 Å². The number of hydrogen-bond acceptors (Lipinski definition) is 6. The van der Waals surface area contributed by atoms with Gasteiger partial charge in [0.15, 0.2) is 12.0 Å². The Morgan fingerprint density at radius 1 is 1.14 bits per heavy atom. The number of pyridine rings is 1. The Bertz CT molecular complexity index is 1020. The van der Waals surface area contributed by atoms with Gasteiger partial charge in [0.25, 0.3) is 5.88 Å². The number of rotatable bonds is 6. The van der Waals surface area contributed by atoms with E-state index >= 15 is 0 Å². The average Bonchev–Trinajstić information content (AvgIpc) is 3.30. The highest BCUT2D eigenvalue weighted by molar-refractivity contribution is 5.68. The smallest absolute Gasteiger partial charge is 0.256 e. The second-order valence-electron chi connectivity index (χ2n) is 7.67. The van der Waals surface area contributed by atoms with Crippen molar-refractivity contribution < 1.29 is 14.6 Å². The summed E-state index contributed by atoms with van der Waals surface area (Å²) in [6.07, 6.45) is 4.90. The van der Waals surface area contributed by atoms with E-state index in [2.05, 4.69) is 30.0 Å². The molecule has 2 aromatic heterocycles. The third-order valence-corrected chi connectivity index (χ3v) is 5.13. The largest absolute Gasteiger partial charge is 0.491 e. The molecule has 29 heavy (non-hydrogen) atoms. The van der Waals surface area contributed by atoms with Gasteiger partial charge in [-0.05, 0) is 29.2 Å². The average molecular weight is 394 g/mol. The van der Waals surface area contributed by atoms with Crippen LogP contribution in [0.15, 0.2) is 42.9 Å². The van der Waals surface area contributed by atoms with Crippen LogP contribution in [0, 0.1) is 5.92 Å². The number of anilines is 1. The molecule has 0 amide bonds. The van der Waals surface area contributed by atoms with Crippen LogP contribution in [0.3, 0.4) is 0 Å². The Hall–Kier alpha value is -3.06. The number of methoxy groups -OCH3 is 2. The van der Waals surface area contributed by atoms with Crippen molar-refractivity contribution in [1.29, 1.82) is 0 Å². The van der Waals surface area contributed by atoms with E-state index in [1.54, 1.807) is 20.4 Å². The van der Waals surface area contributed by atoms with Gasteiger partial charge in [-0.1, -0.05) is 26.0 Å². The van der Waals surface area contributed by atoms with Crippen LogP contribution in [0.25, 0.3) is 11.1 Å². The normalized spacial score (nSPS) is 15.7. The topological polar surface area (TPSA) is 72.6 Å². The molecule has 4 rings (SSSR count). The number of nitrogens with zero attached hydrogens (tertiary/aromatic N) is 4. The van der Waals surface area contributed by atoms with Crippen LogP contribution in [0.5, 0.6) is 11.6 Å². The van der Waals surface area contributed by atoms with Gasteiger partial charge in [-0.3, -0.25) is 4.68 Å².